The van der Waals surface area contributed by atoms with Gasteiger partial charge in [0.15, 0.2) is 5.78 Å². The van der Waals surface area contributed by atoms with E-state index in [0.29, 0.717) is 11.3 Å². The van der Waals surface area contributed by atoms with Crippen LogP contribution >= 0.6 is 0 Å². The van der Waals surface area contributed by atoms with Crippen LogP contribution < -0.4 is 4.90 Å². The molecule has 1 fully saturated rings. The lowest BCUT2D eigenvalue weighted by atomic mass is 9.78. The molecule has 1 unspecified atom stereocenters. The van der Waals surface area contributed by atoms with Gasteiger partial charge in [0.25, 0.3) is 0 Å². The van der Waals surface area contributed by atoms with E-state index in [4.69, 9.17) is 0 Å². The van der Waals surface area contributed by atoms with Gasteiger partial charge in [0.05, 0.1) is 12.0 Å². The van der Waals surface area contributed by atoms with Crippen LogP contribution in [0.3, 0.4) is 0 Å². The average molecular weight is 311 g/mol. The third-order valence-corrected chi connectivity index (χ3v) is 4.12. The molecule has 0 aliphatic carbocycles. The molecular formula is C18H17NO4. The first-order valence-corrected chi connectivity index (χ1v) is 7.40. The number of anilines is 1. The Labute approximate surface area is 133 Å². The van der Waals surface area contributed by atoms with Crippen molar-refractivity contribution in [1.82, 2.24) is 0 Å². The molecule has 23 heavy (non-hydrogen) atoms. The highest BCUT2D eigenvalue weighted by Crippen LogP contribution is 2.37. The number of carbonyl (C=O) groups is 2. The molecule has 5 nitrogen and oxygen atoms in total. The molecule has 3 atom stereocenters. The SMILES string of the molecule is CC(O)[C@@H]1C(=O)N(c2ccc(O)cc2)[C@H]1C(=O)c1ccccc1. The minimum absolute atomic E-state index is 0.0831. The summed E-state index contributed by atoms with van der Waals surface area (Å²) in [5.41, 5.74) is 1.03. The third kappa shape index (κ3) is 2.59. The maximum atomic E-state index is 12.8. The molecule has 0 spiro atoms. The zero-order valence-corrected chi connectivity index (χ0v) is 12.6. The zero-order valence-electron chi connectivity index (χ0n) is 12.6. The number of phenols is 1. The summed E-state index contributed by atoms with van der Waals surface area (Å²) < 4.78 is 0. The van der Waals surface area contributed by atoms with Crippen molar-refractivity contribution in [2.75, 3.05) is 4.90 Å². The van der Waals surface area contributed by atoms with Crippen LogP contribution in [-0.4, -0.2) is 34.0 Å². The second-order valence-corrected chi connectivity index (χ2v) is 5.67. The highest BCUT2D eigenvalue weighted by molar-refractivity contribution is 6.17. The number of aliphatic hydroxyl groups is 1. The predicted octanol–water partition coefficient (Wildman–Crippen LogP) is 1.99. The first-order chi connectivity index (χ1) is 11.0. The fourth-order valence-electron chi connectivity index (χ4n) is 2.94. The van der Waals surface area contributed by atoms with Gasteiger partial charge in [-0.1, -0.05) is 30.3 Å². The third-order valence-electron chi connectivity index (χ3n) is 4.12. The minimum atomic E-state index is -0.909. The van der Waals surface area contributed by atoms with Crippen molar-refractivity contribution in [1.29, 1.82) is 0 Å². The summed E-state index contributed by atoms with van der Waals surface area (Å²) in [5, 5.41) is 19.3. The van der Waals surface area contributed by atoms with Crippen molar-refractivity contribution < 1.29 is 19.8 Å². The van der Waals surface area contributed by atoms with E-state index in [1.807, 2.05) is 6.07 Å². The van der Waals surface area contributed by atoms with Gasteiger partial charge in [0.2, 0.25) is 5.91 Å². The van der Waals surface area contributed by atoms with E-state index in [9.17, 15) is 19.8 Å². The Hall–Kier alpha value is -2.66. The number of β-lactam (4-membered cyclic amide) rings is 1. The van der Waals surface area contributed by atoms with E-state index in [0.717, 1.165) is 0 Å². The summed E-state index contributed by atoms with van der Waals surface area (Å²) in [6.07, 6.45) is -0.909. The van der Waals surface area contributed by atoms with Gasteiger partial charge in [0.1, 0.15) is 11.8 Å². The van der Waals surface area contributed by atoms with Crippen LogP contribution in [-0.2, 0) is 4.79 Å². The molecule has 1 amide bonds. The van der Waals surface area contributed by atoms with Gasteiger partial charge >= 0.3 is 0 Å². The molecule has 2 aromatic rings. The van der Waals surface area contributed by atoms with Crippen LogP contribution in [0.4, 0.5) is 5.69 Å². The molecule has 2 N–H and O–H groups in total. The van der Waals surface area contributed by atoms with Gasteiger partial charge in [0, 0.05) is 11.3 Å². The molecule has 2 aromatic carbocycles. The Bertz CT molecular complexity index is 724. The number of amides is 1. The molecule has 3 rings (SSSR count). The number of rotatable bonds is 4. The number of Topliss-reactive ketones (excluding diaryl/α,β-unsaturated/α-hetero) is 1. The number of aromatic hydroxyl groups is 1. The summed E-state index contributed by atoms with van der Waals surface area (Å²) in [4.78, 5) is 26.6. The van der Waals surface area contributed by atoms with Gasteiger partial charge in [-0.05, 0) is 31.2 Å². The topological polar surface area (TPSA) is 77.8 Å². The number of hydrogen-bond donors (Lipinski definition) is 2. The van der Waals surface area contributed by atoms with E-state index in [-0.39, 0.29) is 17.4 Å². The molecule has 118 valence electrons. The molecule has 1 aliphatic heterocycles. The van der Waals surface area contributed by atoms with Crippen LogP contribution in [0.2, 0.25) is 0 Å². The van der Waals surface area contributed by atoms with Crippen LogP contribution in [0, 0.1) is 5.92 Å². The standard InChI is InChI=1S/C18H17NO4/c1-11(20)15-16(17(22)12-5-3-2-4-6-12)19(18(15)23)13-7-9-14(21)10-8-13/h2-11,15-16,20-21H,1H3/t11?,15-,16+/m0/s1. The van der Waals surface area contributed by atoms with Crippen molar-refractivity contribution in [2.24, 2.45) is 5.92 Å². The summed E-state index contributed by atoms with van der Waals surface area (Å²) in [5.74, 6) is -1.17. The van der Waals surface area contributed by atoms with Crippen LogP contribution in [0.5, 0.6) is 5.75 Å². The summed E-state index contributed by atoms with van der Waals surface area (Å²) in [7, 11) is 0. The van der Waals surface area contributed by atoms with Crippen molar-refractivity contribution in [2.45, 2.75) is 19.1 Å². The number of benzene rings is 2. The Morgan fingerprint density at radius 2 is 1.70 bits per heavy atom. The Kier molecular flexibility index (Phi) is 3.88. The monoisotopic (exact) mass is 311 g/mol. The maximum absolute atomic E-state index is 12.8. The predicted molar refractivity (Wildman–Crippen MR) is 85.3 cm³/mol. The van der Waals surface area contributed by atoms with E-state index < -0.39 is 18.1 Å². The highest BCUT2D eigenvalue weighted by Gasteiger charge is 2.54. The van der Waals surface area contributed by atoms with Crippen molar-refractivity contribution in [3.05, 3.63) is 60.2 Å². The Balaban J connectivity index is 1.97. The number of phenolic OH excluding ortho intramolecular Hbond substituents is 1. The molecular weight excluding hydrogens is 294 g/mol. The fraction of sp³-hybridized carbons (Fsp3) is 0.222. The van der Waals surface area contributed by atoms with E-state index in [2.05, 4.69) is 0 Å². The normalized spacial score (nSPS) is 21.7. The summed E-state index contributed by atoms with van der Waals surface area (Å²) in [6, 6.07) is 14.1. The van der Waals surface area contributed by atoms with Crippen LogP contribution in [0.15, 0.2) is 54.6 Å². The fourth-order valence-corrected chi connectivity index (χ4v) is 2.94. The molecule has 1 saturated heterocycles. The van der Waals surface area contributed by atoms with Crippen LogP contribution in [0.1, 0.15) is 17.3 Å². The molecule has 0 saturated carbocycles. The largest absolute Gasteiger partial charge is 0.508 e. The maximum Gasteiger partial charge on any atom is 0.236 e. The second kappa shape index (κ2) is 5.85. The molecule has 0 aromatic heterocycles. The lowest BCUT2D eigenvalue weighted by Crippen LogP contribution is -2.67. The Morgan fingerprint density at radius 1 is 1.09 bits per heavy atom. The summed E-state index contributed by atoms with van der Waals surface area (Å²) in [6.45, 7) is 1.52. The molecule has 5 heteroatoms. The van der Waals surface area contributed by atoms with E-state index in [1.54, 1.807) is 36.4 Å². The van der Waals surface area contributed by atoms with Crippen molar-refractivity contribution >= 4 is 17.4 Å². The second-order valence-electron chi connectivity index (χ2n) is 5.67. The van der Waals surface area contributed by atoms with Gasteiger partial charge in [-0.3, -0.25) is 9.59 Å². The number of nitrogens with zero attached hydrogens (tertiary/aromatic N) is 1. The number of aliphatic hydroxyl groups excluding tert-OH is 1. The first kappa shape index (κ1) is 15.2. The van der Waals surface area contributed by atoms with E-state index >= 15 is 0 Å². The molecule has 0 bridgehead atoms. The van der Waals surface area contributed by atoms with Gasteiger partial charge in [-0.2, -0.15) is 0 Å². The molecule has 1 aliphatic rings. The first-order valence-electron chi connectivity index (χ1n) is 7.40. The lowest BCUT2D eigenvalue weighted by molar-refractivity contribution is -0.133. The lowest BCUT2D eigenvalue weighted by Gasteiger charge is -2.47. The molecule has 1 heterocycles. The Morgan fingerprint density at radius 3 is 2.26 bits per heavy atom. The smallest absolute Gasteiger partial charge is 0.236 e. The quantitative estimate of drug-likeness (QED) is 0.668. The average Bonchev–Trinajstić information content (AvgIpc) is 2.54. The van der Waals surface area contributed by atoms with Gasteiger partial charge in [-0.25, -0.2) is 0 Å². The van der Waals surface area contributed by atoms with Gasteiger partial charge in [-0.15, -0.1) is 0 Å². The van der Waals surface area contributed by atoms with Gasteiger partial charge < -0.3 is 15.1 Å². The molecule has 0 radical (unpaired) electrons. The highest BCUT2D eigenvalue weighted by atomic mass is 16.3. The number of hydrogen-bond acceptors (Lipinski definition) is 4. The summed E-state index contributed by atoms with van der Waals surface area (Å²) >= 11 is 0. The van der Waals surface area contributed by atoms with E-state index in [1.165, 1.54) is 24.0 Å². The zero-order chi connectivity index (χ0) is 16.6. The van der Waals surface area contributed by atoms with Crippen molar-refractivity contribution in [3.8, 4) is 5.75 Å². The van der Waals surface area contributed by atoms with Crippen LogP contribution in [0.25, 0.3) is 0 Å². The minimum Gasteiger partial charge on any atom is -0.508 e. The van der Waals surface area contributed by atoms with Crippen molar-refractivity contribution in [3.63, 3.8) is 0 Å². The number of carbonyl (C=O) groups excluding carboxylic acids is 2. The number of ketones is 1.